The Morgan fingerprint density at radius 1 is 1.09 bits per heavy atom. The molecule has 0 radical (unpaired) electrons. The van der Waals surface area contributed by atoms with Crippen LogP contribution in [0.4, 0.5) is 11.4 Å². The van der Waals surface area contributed by atoms with Gasteiger partial charge in [0.05, 0.1) is 22.8 Å². The monoisotopic (exact) mass is 357 g/mol. The van der Waals surface area contributed by atoms with Crippen molar-refractivity contribution in [1.82, 2.24) is 9.97 Å². The number of ether oxygens (including phenoxy) is 1. The molecule has 1 aromatic carbocycles. The van der Waals surface area contributed by atoms with Gasteiger partial charge < -0.3 is 10.1 Å². The quantitative estimate of drug-likeness (QED) is 0.733. The van der Waals surface area contributed by atoms with E-state index in [1.54, 1.807) is 19.5 Å². The van der Waals surface area contributed by atoms with Gasteiger partial charge in [-0.3, -0.25) is 9.97 Å². The molecule has 3 aromatic rings. The minimum absolute atomic E-state index is 0.862. The second-order valence-electron chi connectivity index (χ2n) is 5.08. The molecule has 2 heterocycles. The van der Waals surface area contributed by atoms with E-state index in [0.29, 0.717) is 0 Å². The average molecular weight is 358 g/mol. The third-order valence-electron chi connectivity index (χ3n) is 3.72. The summed E-state index contributed by atoms with van der Waals surface area (Å²) in [6.45, 7) is 4.12. The van der Waals surface area contributed by atoms with Crippen molar-refractivity contribution in [3.63, 3.8) is 0 Å². The smallest absolute Gasteiger partial charge is 0.123 e. The minimum atomic E-state index is 0.862. The minimum Gasteiger partial charge on any atom is -0.496 e. The lowest BCUT2D eigenvalue weighted by atomic mass is 10.1. The SMILES string of the molecule is COc1ccc(C)c(Nc2c(Br)cnc3ccncc23)c1C. The average Bonchev–Trinajstić information content (AvgIpc) is 2.53. The van der Waals surface area contributed by atoms with Crippen LogP contribution < -0.4 is 10.1 Å². The van der Waals surface area contributed by atoms with E-state index in [1.165, 1.54) is 0 Å². The molecule has 0 unspecified atom stereocenters. The van der Waals surface area contributed by atoms with Gasteiger partial charge in [0.25, 0.3) is 0 Å². The zero-order valence-corrected chi connectivity index (χ0v) is 14.2. The summed E-state index contributed by atoms with van der Waals surface area (Å²) in [5.74, 6) is 0.862. The van der Waals surface area contributed by atoms with Gasteiger partial charge in [0.15, 0.2) is 0 Å². The fourth-order valence-corrected chi connectivity index (χ4v) is 2.92. The number of aryl methyl sites for hydroxylation is 1. The number of fused-ring (bicyclic) bond motifs is 1. The topological polar surface area (TPSA) is 47.0 Å². The summed E-state index contributed by atoms with van der Waals surface area (Å²) in [6, 6.07) is 5.93. The van der Waals surface area contributed by atoms with Crippen molar-refractivity contribution < 1.29 is 4.74 Å². The van der Waals surface area contributed by atoms with Gasteiger partial charge in [-0.25, -0.2) is 0 Å². The highest BCUT2D eigenvalue weighted by atomic mass is 79.9. The molecular weight excluding hydrogens is 342 g/mol. The molecule has 2 aromatic heterocycles. The molecule has 3 rings (SSSR count). The summed E-state index contributed by atoms with van der Waals surface area (Å²) in [4.78, 5) is 8.62. The second-order valence-corrected chi connectivity index (χ2v) is 5.94. The maximum Gasteiger partial charge on any atom is 0.123 e. The standard InChI is InChI=1S/C17H16BrN3O/c1-10-4-5-15(22-3)11(2)16(10)21-17-12-8-19-7-6-14(12)20-9-13(17)18/h4-9H,1-3H3,(H,20,21). The van der Waals surface area contributed by atoms with Crippen molar-refractivity contribution in [2.24, 2.45) is 0 Å². The van der Waals surface area contributed by atoms with Gasteiger partial charge in [-0.15, -0.1) is 0 Å². The van der Waals surface area contributed by atoms with E-state index in [4.69, 9.17) is 4.74 Å². The lowest BCUT2D eigenvalue weighted by Crippen LogP contribution is -2.00. The van der Waals surface area contributed by atoms with Crippen LogP contribution in [0, 0.1) is 13.8 Å². The van der Waals surface area contributed by atoms with Crippen molar-refractivity contribution in [2.75, 3.05) is 12.4 Å². The number of halogens is 1. The number of hydrogen-bond donors (Lipinski definition) is 1. The molecule has 4 nitrogen and oxygen atoms in total. The number of nitrogens with zero attached hydrogens (tertiary/aromatic N) is 2. The van der Waals surface area contributed by atoms with Crippen LogP contribution in [0.3, 0.4) is 0 Å². The van der Waals surface area contributed by atoms with Gasteiger partial charge in [-0.2, -0.15) is 0 Å². The van der Waals surface area contributed by atoms with Crippen LogP contribution in [-0.4, -0.2) is 17.1 Å². The van der Waals surface area contributed by atoms with E-state index in [9.17, 15) is 0 Å². The largest absolute Gasteiger partial charge is 0.496 e. The van der Waals surface area contributed by atoms with Gasteiger partial charge in [0.2, 0.25) is 0 Å². The molecule has 0 saturated carbocycles. The van der Waals surface area contributed by atoms with Crippen molar-refractivity contribution in [2.45, 2.75) is 13.8 Å². The van der Waals surface area contributed by atoms with E-state index in [0.717, 1.165) is 43.6 Å². The van der Waals surface area contributed by atoms with Crippen LogP contribution in [0.2, 0.25) is 0 Å². The fourth-order valence-electron chi connectivity index (χ4n) is 2.51. The van der Waals surface area contributed by atoms with Gasteiger partial charge in [0.1, 0.15) is 5.75 Å². The third-order valence-corrected chi connectivity index (χ3v) is 4.32. The molecule has 5 heteroatoms. The van der Waals surface area contributed by atoms with E-state index >= 15 is 0 Å². The van der Waals surface area contributed by atoms with Gasteiger partial charge in [0, 0.05) is 35.2 Å². The number of rotatable bonds is 3. The summed E-state index contributed by atoms with van der Waals surface area (Å²) < 4.78 is 6.32. The molecule has 0 aliphatic rings. The first kappa shape index (κ1) is 14.8. The molecule has 0 saturated heterocycles. The number of nitrogens with one attached hydrogen (secondary N) is 1. The highest BCUT2D eigenvalue weighted by molar-refractivity contribution is 9.10. The number of hydrogen-bond acceptors (Lipinski definition) is 4. The van der Waals surface area contributed by atoms with Gasteiger partial charge in [-0.1, -0.05) is 6.07 Å². The molecule has 0 spiro atoms. The fraction of sp³-hybridized carbons (Fsp3) is 0.176. The van der Waals surface area contributed by atoms with Crippen molar-refractivity contribution in [3.05, 3.63) is 52.4 Å². The Morgan fingerprint density at radius 3 is 2.68 bits per heavy atom. The van der Waals surface area contributed by atoms with E-state index in [-0.39, 0.29) is 0 Å². The Morgan fingerprint density at radius 2 is 1.91 bits per heavy atom. The predicted molar refractivity (Wildman–Crippen MR) is 93.0 cm³/mol. The number of anilines is 2. The Hall–Kier alpha value is -2.14. The lowest BCUT2D eigenvalue weighted by Gasteiger charge is -2.17. The first-order chi connectivity index (χ1) is 10.6. The molecule has 0 amide bonds. The molecule has 0 atom stereocenters. The first-order valence-electron chi connectivity index (χ1n) is 6.91. The van der Waals surface area contributed by atoms with Crippen LogP contribution in [0.1, 0.15) is 11.1 Å². The molecule has 112 valence electrons. The van der Waals surface area contributed by atoms with Crippen LogP contribution in [0.15, 0.2) is 41.3 Å². The van der Waals surface area contributed by atoms with E-state index < -0.39 is 0 Å². The van der Waals surface area contributed by atoms with Gasteiger partial charge >= 0.3 is 0 Å². The van der Waals surface area contributed by atoms with Crippen LogP contribution >= 0.6 is 15.9 Å². The Balaban J connectivity index is 2.17. The molecule has 0 bridgehead atoms. The van der Waals surface area contributed by atoms with Crippen molar-refractivity contribution in [1.29, 1.82) is 0 Å². The summed E-state index contributed by atoms with van der Waals surface area (Å²) in [5.41, 5.74) is 5.12. The maximum atomic E-state index is 5.42. The Kier molecular flexibility index (Phi) is 3.98. The first-order valence-corrected chi connectivity index (χ1v) is 7.70. The molecule has 22 heavy (non-hydrogen) atoms. The molecule has 0 aliphatic carbocycles. The highest BCUT2D eigenvalue weighted by Gasteiger charge is 2.12. The van der Waals surface area contributed by atoms with Crippen molar-refractivity contribution >= 4 is 38.2 Å². The summed E-state index contributed by atoms with van der Waals surface area (Å²) in [6.07, 6.45) is 5.37. The van der Waals surface area contributed by atoms with Crippen LogP contribution in [0.25, 0.3) is 10.9 Å². The number of aromatic nitrogens is 2. The number of methoxy groups -OCH3 is 1. The molecular formula is C17H16BrN3O. The zero-order chi connectivity index (χ0) is 15.7. The molecule has 0 fully saturated rings. The van der Waals surface area contributed by atoms with Gasteiger partial charge in [-0.05, 0) is 47.5 Å². The highest BCUT2D eigenvalue weighted by Crippen LogP contribution is 2.36. The summed E-state index contributed by atoms with van der Waals surface area (Å²) in [5, 5.41) is 4.49. The Labute approximate surface area is 137 Å². The summed E-state index contributed by atoms with van der Waals surface area (Å²) in [7, 11) is 1.68. The maximum absolute atomic E-state index is 5.42. The molecule has 0 aliphatic heterocycles. The number of benzene rings is 1. The van der Waals surface area contributed by atoms with Crippen molar-refractivity contribution in [3.8, 4) is 5.75 Å². The second kappa shape index (κ2) is 5.93. The van der Waals surface area contributed by atoms with E-state index in [1.807, 2.05) is 31.3 Å². The lowest BCUT2D eigenvalue weighted by molar-refractivity contribution is 0.412. The van der Waals surface area contributed by atoms with Crippen LogP contribution in [-0.2, 0) is 0 Å². The molecule has 1 N–H and O–H groups in total. The van der Waals surface area contributed by atoms with Crippen LogP contribution in [0.5, 0.6) is 5.75 Å². The van der Waals surface area contributed by atoms with E-state index in [2.05, 4.69) is 38.1 Å². The number of pyridine rings is 2. The third kappa shape index (κ3) is 2.52. The Bertz CT molecular complexity index is 849. The zero-order valence-electron chi connectivity index (χ0n) is 12.6. The predicted octanol–water partition coefficient (Wildman–Crippen LogP) is 4.76. The summed E-state index contributed by atoms with van der Waals surface area (Å²) >= 11 is 3.58. The normalized spacial score (nSPS) is 10.7.